The molecule has 6 aromatic rings. The van der Waals surface area contributed by atoms with Gasteiger partial charge < -0.3 is 9.30 Å². The standard InChI is InChI=1S/C34H28N4O.Pt/c1-23-18-24(2)32(25(3)19-23)33-31(26-10-6-5-7-11-26)22-38(36-33)28-13-9-15-30(21-28)39-29-14-8-12-27(20-29)34-35-16-17-37(34)4;/h5-19,22H,1-4H3;/q-2;+2. The molecule has 0 radical (unpaired) electrons. The van der Waals surface area contributed by atoms with Gasteiger partial charge >= 0.3 is 21.1 Å². The van der Waals surface area contributed by atoms with E-state index >= 15 is 0 Å². The van der Waals surface area contributed by atoms with Crippen molar-refractivity contribution < 1.29 is 25.8 Å². The van der Waals surface area contributed by atoms with Gasteiger partial charge in [0.15, 0.2) is 0 Å². The van der Waals surface area contributed by atoms with Crippen molar-refractivity contribution in [2.24, 2.45) is 7.05 Å². The number of aryl methyl sites for hydroxylation is 4. The molecule has 4 aromatic carbocycles. The molecule has 0 spiro atoms. The van der Waals surface area contributed by atoms with Crippen LogP contribution in [0.25, 0.3) is 39.5 Å². The summed E-state index contributed by atoms with van der Waals surface area (Å²) in [6.45, 7) is 6.43. The van der Waals surface area contributed by atoms with Gasteiger partial charge in [0.2, 0.25) is 0 Å². The van der Waals surface area contributed by atoms with Crippen LogP contribution in [-0.4, -0.2) is 19.3 Å². The van der Waals surface area contributed by atoms with E-state index in [4.69, 9.17) is 9.84 Å². The fourth-order valence-electron chi connectivity index (χ4n) is 5.08. The molecule has 0 aliphatic carbocycles. The second kappa shape index (κ2) is 11.5. The molecule has 6 rings (SSSR count). The van der Waals surface area contributed by atoms with Crippen LogP contribution in [0.15, 0.2) is 97.5 Å². The first-order chi connectivity index (χ1) is 19.0. The van der Waals surface area contributed by atoms with Crippen LogP contribution in [0.2, 0.25) is 0 Å². The summed E-state index contributed by atoms with van der Waals surface area (Å²) in [6, 6.07) is 33.2. The molecule has 5 nitrogen and oxygen atoms in total. The molecule has 0 fully saturated rings. The van der Waals surface area contributed by atoms with Gasteiger partial charge in [0.05, 0.1) is 5.82 Å². The number of aromatic nitrogens is 4. The van der Waals surface area contributed by atoms with Crippen molar-refractivity contribution in [1.29, 1.82) is 0 Å². The van der Waals surface area contributed by atoms with Gasteiger partial charge in [-0.2, -0.15) is 11.2 Å². The summed E-state index contributed by atoms with van der Waals surface area (Å²) in [5.74, 6) is 2.01. The molecule has 0 amide bonds. The topological polar surface area (TPSA) is 44.9 Å². The first-order valence-corrected chi connectivity index (χ1v) is 12.9. The summed E-state index contributed by atoms with van der Waals surface area (Å²) < 4.78 is 10.0. The van der Waals surface area contributed by atoms with Crippen molar-refractivity contribution in [2.75, 3.05) is 0 Å². The van der Waals surface area contributed by atoms with Crippen LogP contribution >= 0.6 is 0 Å². The second-order valence-electron chi connectivity index (χ2n) is 9.77. The van der Waals surface area contributed by atoms with Crippen LogP contribution in [0.3, 0.4) is 0 Å². The molecule has 6 heteroatoms. The predicted octanol–water partition coefficient (Wildman–Crippen LogP) is 7.92. The van der Waals surface area contributed by atoms with Gasteiger partial charge in [0.1, 0.15) is 5.69 Å². The second-order valence-corrected chi connectivity index (χ2v) is 9.77. The van der Waals surface area contributed by atoms with Gasteiger partial charge in [-0.3, -0.25) is 9.67 Å². The van der Waals surface area contributed by atoms with Crippen molar-refractivity contribution in [3.05, 3.63) is 126 Å². The van der Waals surface area contributed by atoms with Gasteiger partial charge in [-0.15, -0.1) is 42.0 Å². The molecule has 200 valence electrons. The van der Waals surface area contributed by atoms with E-state index < -0.39 is 0 Å². The quantitative estimate of drug-likeness (QED) is 0.166. The SMILES string of the molecule is Cc1cc(C)c(-c2nn(-c3[c-]c(Oc4[c-]c(-c5nccn5C)ccc4)ccc3)cc2-c2ccccc2)c(C)c1.[Pt+2]. The molecule has 0 saturated heterocycles. The van der Waals surface area contributed by atoms with E-state index in [9.17, 15) is 0 Å². The zero-order valence-electron chi connectivity index (χ0n) is 22.8. The molecule has 0 saturated carbocycles. The Labute approximate surface area is 249 Å². The Hall–Kier alpha value is -4.21. The fourth-order valence-corrected chi connectivity index (χ4v) is 5.08. The first kappa shape index (κ1) is 27.4. The number of ether oxygens (including phenoxy) is 1. The number of benzene rings is 4. The molecule has 0 aliphatic heterocycles. The van der Waals surface area contributed by atoms with E-state index in [-0.39, 0.29) is 21.1 Å². The minimum Gasteiger partial charge on any atom is -0.503 e. The Morgan fingerprint density at radius 1 is 0.800 bits per heavy atom. The summed E-state index contributed by atoms with van der Waals surface area (Å²) in [6.07, 6.45) is 5.76. The molecule has 2 aromatic heterocycles. The Bertz CT molecular complexity index is 1760. The van der Waals surface area contributed by atoms with Crippen LogP contribution < -0.4 is 4.74 Å². The van der Waals surface area contributed by atoms with Crippen LogP contribution in [0.4, 0.5) is 0 Å². The van der Waals surface area contributed by atoms with E-state index in [1.165, 1.54) is 16.7 Å². The molecule has 2 heterocycles. The number of hydrogen-bond donors (Lipinski definition) is 0. The third kappa shape index (κ3) is 5.43. The number of nitrogens with zero attached hydrogens (tertiary/aromatic N) is 4. The summed E-state index contributed by atoms with van der Waals surface area (Å²) in [5, 5.41) is 5.10. The number of hydrogen-bond acceptors (Lipinski definition) is 3. The monoisotopic (exact) mass is 703 g/mol. The van der Waals surface area contributed by atoms with Gasteiger partial charge in [-0.25, -0.2) is 0 Å². The largest absolute Gasteiger partial charge is 2.00 e. The van der Waals surface area contributed by atoms with Crippen molar-refractivity contribution in [2.45, 2.75) is 20.8 Å². The van der Waals surface area contributed by atoms with Crippen LogP contribution in [-0.2, 0) is 28.1 Å². The maximum absolute atomic E-state index is 6.19. The van der Waals surface area contributed by atoms with Crippen molar-refractivity contribution >= 4 is 0 Å². The molecule has 0 aliphatic rings. The molecule has 0 N–H and O–H groups in total. The van der Waals surface area contributed by atoms with E-state index in [0.717, 1.165) is 39.5 Å². The van der Waals surface area contributed by atoms with Crippen LogP contribution in [0.1, 0.15) is 16.7 Å². The van der Waals surface area contributed by atoms with Crippen molar-refractivity contribution in [1.82, 2.24) is 19.3 Å². The normalized spacial score (nSPS) is 10.8. The number of imidazole rings is 1. The molecule has 0 atom stereocenters. The van der Waals surface area contributed by atoms with Crippen LogP contribution in [0, 0.1) is 32.9 Å². The summed E-state index contributed by atoms with van der Waals surface area (Å²) in [5.41, 5.74) is 9.61. The van der Waals surface area contributed by atoms with E-state index in [2.05, 4.69) is 80.5 Å². The van der Waals surface area contributed by atoms with Crippen molar-refractivity contribution in [3.63, 3.8) is 0 Å². The van der Waals surface area contributed by atoms with Crippen LogP contribution in [0.5, 0.6) is 11.5 Å². The molecular formula is C34H28N4OPt. The molecule has 0 bridgehead atoms. The molecule has 40 heavy (non-hydrogen) atoms. The minimum atomic E-state index is 0. The minimum absolute atomic E-state index is 0. The maximum Gasteiger partial charge on any atom is 2.00 e. The number of rotatable bonds is 6. The smallest absolute Gasteiger partial charge is 0.503 e. The fraction of sp³-hybridized carbons (Fsp3) is 0.118. The van der Waals surface area contributed by atoms with E-state index in [1.54, 1.807) is 6.20 Å². The zero-order chi connectivity index (χ0) is 26.9. The first-order valence-electron chi connectivity index (χ1n) is 12.9. The zero-order valence-corrected chi connectivity index (χ0v) is 25.0. The average Bonchev–Trinajstić information content (AvgIpc) is 3.56. The maximum atomic E-state index is 6.19. The van der Waals surface area contributed by atoms with Gasteiger partial charge in [-0.05, 0) is 43.1 Å². The third-order valence-corrected chi connectivity index (χ3v) is 6.76. The molecule has 0 unspecified atom stereocenters. The predicted molar refractivity (Wildman–Crippen MR) is 155 cm³/mol. The Balaban J connectivity index is 0.00000323. The van der Waals surface area contributed by atoms with Gasteiger partial charge in [0, 0.05) is 48.3 Å². The summed E-state index contributed by atoms with van der Waals surface area (Å²) >= 11 is 0. The summed E-state index contributed by atoms with van der Waals surface area (Å²) in [7, 11) is 1.96. The Kier molecular flexibility index (Phi) is 7.86. The molecular weight excluding hydrogens is 675 g/mol. The van der Waals surface area contributed by atoms with Gasteiger partial charge in [-0.1, -0.05) is 54.1 Å². The summed E-state index contributed by atoms with van der Waals surface area (Å²) in [4.78, 5) is 4.42. The van der Waals surface area contributed by atoms with Crippen molar-refractivity contribution in [3.8, 4) is 51.0 Å². The third-order valence-electron chi connectivity index (χ3n) is 6.76. The average molecular weight is 704 g/mol. The van der Waals surface area contributed by atoms with E-state index in [0.29, 0.717) is 11.5 Å². The van der Waals surface area contributed by atoms with Gasteiger partial charge in [0.25, 0.3) is 0 Å². The van der Waals surface area contributed by atoms with E-state index in [1.807, 2.05) is 65.0 Å². The Morgan fingerprint density at radius 2 is 1.50 bits per heavy atom. The Morgan fingerprint density at radius 3 is 2.20 bits per heavy atom.